The Morgan fingerprint density at radius 3 is 2.47 bits per heavy atom. The zero-order chi connectivity index (χ0) is 25.6. The minimum absolute atomic E-state index is 0.0202. The van der Waals surface area contributed by atoms with Crippen molar-refractivity contribution < 1.29 is 18.4 Å². The van der Waals surface area contributed by atoms with Gasteiger partial charge in [-0.2, -0.15) is 0 Å². The highest BCUT2D eigenvalue weighted by Gasteiger charge is 2.31. The number of carbonyl (C=O) groups is 2. The number of likely N-dealkylation sites (N-methyl/N-ethyl adjacent to an activating group) is 1. The van der Waals surface area contributed by atoms with Crippen LogP contribution >= 0.6 is 0 Å². The van der Waals surface area contributed by atoms with E-state index in [0.717, 1.165) is 30.6 Å². The number of benzene rings is 2. The van der Waals surface area contributed by atoms with E-state index in [-0.39, 0.29) is 17.4 Å². The van der Waals surface area contributed by atoms with E-state index in [4.69, 9.17) is 0 Å². The van der Waals surface area contributed by atoms with Crippen LogP contribution in [0.3, 0.4) is 0 Å². The predicted molar refractivity (Wildman–Crippen MR) is 137 cm³/mol. The smallest absolute Gasteiger partial charge is 0.256 e. The summed E-state index contributed by atoms with van der Waals surface area (Å²) < 4.78 is 29.4. The zero-order valence-electron chi connectivity index (χ0n) is 20.5. The highest BCUT2D eigenvalue weighted by molar-refractivity contribution is 6.36. The van der Waals surface area contributed by atoms with Crippen molar-refractivity contribution in [3.63, 3.8) is 0 Å². The molecule has 2 aliphatic heterocycles. The maximum atomic E-state index is 14.7. The first-order valence-electron chi connectivity index (χ1n) is 12.0. The Balaban J connectivity index is 1.59. The van der Waals surface area contributed by atoms with Crippen LogP contribution in [-0.2, 0) is 11.2 Å². The number of rotatable bonds is 5. The maximum absolute atomic E-state index is 14.7. The Bertz CT molecular complexity index is 1390. The van der Waals surface area contributed by atoms with E-state index in [9.17, 15) is 18.4 Å². The molecule has 2 N–H and O–H groups in total. The van der Waals surface area contributed by atoms with Gasteiger partial charge in [-0.1, -0.05) is 18.2 Å². The predicted octanol–water partition coefficient (Wildman–Crippen LogP) is 4.71. The molecule has 5 rings (SSSR count). The van der Waals surface area contributed by atoms with Gasteiger partial charge in [-0.15, -0.1) is 0 Å². The lowest BCUT2D eigenvalue weighted by Crippen LogP contribution is -2.36. The highest BCUT2D eigenvalue weighted by Crippen LogP contribution is 2.42. The van der Waals surface area contributed by atoms with Crippen molar-refractivity contribution in [2.45, 2.75) is 19.8 Å². The Morgan fingerprint density at radius 1 is 1.03 bits per heavy atom. The molecule has 0 saturated heterocycles. The number of halogens is 2. The summed E-state index contributed by atoms with van der Waals surface area (Å²) in [5.74, 6) is -1.79. The molecule has 8 heteroatoms. The molecule has 186 valence electrons. The fourth-order valence-electron chi connectivity index (χ4n) is 5.04. The molecular formula is C28H28F2N4O2. The van der Waals surface area contributed by atoms with Gasteiger partial charge < -0.3 is 20.1 Å². The van der Waals surface area contributed by atoms with Crippen LogP contribution in [0.2, 0.25) is 0 Å². The van der Waals surface area contributed by atoms with Gasteiger partial charge in [0.05, 0.1) is 16.7 Å². The Labute approximate surface area is 208 Å². The van der Waals surface area contributed by atoms with E-state index >= 15 is 0 Å². The molecule has 0 fully saturated rings. The summed E-state index contributed by atoms with van der Waals surface area (Å²) in [6, 6.07) is 8.69. The van der Waals surface area contributed by atoms with Crippen molar-refractivity contribution in [1.82, 2.24) is 14.8 Å². The molecular weight excluding hydrogens is 462 g/mol. The number of aromatic amines is 1. The molecule has 0 atom stereocenters. The van der Waals surface area contributed by atoms with Crippen LogP contribution in [-0.4, -0.2) is 60.3 Å². The first-order chi connectivity index (χ1) is 17.3. The van der Waals surface area contributed by atoms with Gasteiger partial charge in [0.15, 0.2) is 0 Å². The van der Waals surface area contributed by atoms with E-state index in [0.29, 0.717) is 46.7 Å². The molecule has 0 bridgehead atoms. The third kappa shape index (κ3) is 4.11. The minimum Gasteiger partial charge on any atom is -0.358 e. The maximum Gasteiger partial charge on any atom is 0.256 e. The van der Waals surface area contributed by atoms with Crippen LogP contribution in [0.15, 0.2) is 36.4 Å². The van der Waals surface area contributed by atoms with Crippen LogP contribution in [0, 0.1) is 18.6 Å². The Morgan fingerprint density at radius 2 is 1.75 bits per heavy atom. The minimum atomic E-state index is -0.701. The van der Waals surface area contributed by atoms with E-state index in [2.05, 4.69) is 10.3 Å². The van der Waals surface area contributed by atoms with Crippen LogP contribution in [0.4, 0.5) is 14.5 Å². The molecule has 0 spiro atoms. The molecule has 0 saturated carbocycles. The molecule has 1 aromatic heterocycles. The number of aromatic nitrogens is 1. The second kappa shape index (κ2) is 9.35. The van der Waals surface area contributed by atoms with Crippen LogP contribution in [0.5, 0.6) is 0 Å². The Kier molecular flexibility index (Phi) is 6.22. The number of H-pyrrole nitrogens is 1. The van der Waals surface area contributed by atoms with Crippen LogP contribution in [0.25, 0.3) is 22.8 Å². The Hall–Kier alpha value is -3.78. The van der Waals surface area contributed by atoms with Crippen molar-refractivity contribution in [3.05, 3.63) is 76.1 Å². The highest BCUT2D eigenvalue weighted by atomic mass is 19.1. The molecule has 2 aromatic carbocycles. The number of nitrogens with zero attached hydrogens (tertiary/aromatic N) is 2. The van der Waals surface area contributed by atoms with Crippen molar-refractivity contribution in [3.8, 4) is 11.1 Å². The molecule has 2 aliphatic rings. The number of fused-ring (bicyclic) bond motifs is 2. The molecule has 3 heterocycles. The number of carbonyl (C=O) groups excluding carboxylic acids is 2. The van der Waals surface area contributed by atoms with E-state index < -0.39 is 11.6 Å². The lowest BCUT2D eigenvalue weighted by Gasteiger charge is -2.23. The van der Waals surface area contributed by atoms with Gasteiger partial charge in [0.25, 0.3) is 11.8 Å². The van der Waals surface area contributed by atoms with E-state index in [1.165, 1.54) is 18.2 Å². The quantitative estimate of drug-likeness (QED) is 0.509. The summed E-state index contributed by atoms with van der Waals surface area (Å²) in [5.41, 5.74) is 4.23. The van der Waals surface area contributed by atoms with Crippen LogP contribution in [0.1, 0.15) is 39.3 Å². The normalized spacial score (nSPS) is 16.4. The molecule has 6 nitrogen and oxygen atoms in total. The summed E-state index contributed by atoms with van der Waals surface area (Å²) in [6.45, 7) is 3.97. The lowest BCUT2D eigenvalue weighted by molar-refractivity contribution is -0.110. The number of anilines is 1. The lowest BCUT2D eigenvalue weighted by atomic mass is 9.93. The standard InChI is InChI=1S/C28H28F2N4O2/c1-16-23(31-21-11-6-12-34(14-13-33(2)3)28(36)24(16)21)15-18-25-17(7-4-10-22(25)32-27(18)35)26-19(29)8-5-9-20(26)30/h4-5,7-10,15,31H,6,11-14H2,1-3H3,(H,32,35). The van der Waals surface area contributed by atoms with Gasteiger partial charge in [0, 0.05) is 42.3 Å². The monoisotopic (exact) mass is 490 g/mol. The molecule has 0 aliphatic carbocycles. The van der Waals surface area contributed by atoms with Gasteiger partial charge in [0.1, 0.15) is 11.6 Å². The average Bonchev–Trinajstić information content (AvgIpc) is 3.25. The summed E-state index contributed by atoms with van der Waals surface area (Å²) in [7, 11) is 3.96. The van der Waals surface area contributed by atoms with Crippen molar-refractivity contribution in [2.24, 2.45) is 0 Å². The number of hydrogen-bond donors (Lipinski definition) is 2. The third-order valence-electron chi connectivity index (χ3n) is 6.89. The zero-order valence-corrected chi connectivity index (χ0v) is 20.5. The van der Waals surface area contributed by atoms with Crippen molar-refractivity contribution in [2.75, 3.05) is 39.0 Å². The number of amides is 2. The van der Waals surface area contributed by atoms with Gasteiger partial charge in [-0.05, 0) is 69.3 Å². The molecule has 3 aromatic rings. The second-order valence-corrected chi connectivity index (χ2v) is 9.55. The van der Waals surface area contributed by atoms with Crippen molar-refractivity contribution >= 4 is 29.2 Å². The first-order valence-corrected chi connectivity index (χ1v) is 12.0. The van der Waals surface area contributed by atoms with E-state index in [1.54, 1.807) is 24.3 Å². The average molecular weight is 491 g/mol. The topological polar surface area (TPSA) is 68.4 Å². The first kappa shape index (κ1) is 23.9. The van der Waals surface area contributed by atoms with E-state index in [1.807, 2.05) is 30.8 Å². The van der Waals surface area contributed by atoms with Gasteiger partial charge in [-0.25, -0.2) is 8.78 Å². The fourth-order valence-corrected chi connectivity index (χ4v) is 5.04. The number of nitrogens with one attached hydrogen (secondary N) is 2. The summed E-state index contributed by atoms with van der Waals surface area (Å²) >= 11 is 0. The summed E-state index contributed by atoms with van der Waals surface area (Å²) in [4.78, 5) is 33.7. The molecule has 0 radical (unpaired) electrons. The summed E-state index contributed by atoms with van der Waals surface area (Å²) in [5, 5.41) is 2.81. The molecule has 2 amide bonds. The SMILES string of the molecule is Cc1c(C=C2C(=O)Nc3cccc(-c4c(F)cccc4F)c32)[nH]c2c1C(=O)N(CCN(C)C)CCC2. The van der Waals surface area contributed by atoms with Crippen LogP contribution < -0.4 is 5.32 Å². The number of hydrogen-bond acceptors (Lipinski definition) is 3. The molecule has 36 heavy (non-hydrogen) atoms. The van der Waals surface area contributed by atoms with Gasteiger partial charge in [-0.3, -0.25) is 9.59 Å². The molecule has 0 unspecified atom stereocenters. The van der Waals surface area contributed by atoms with Gasteiger partial charge in [0.2, 0.25) is 0 Å². The third-order valence-corrected chi connectivity index (χ3v) is 6.89. The second-order valence-electron chi connectivity index (χ2n) is 9.55. The van der Waals surface area contributed by atoms with Gasteiger partial charge >= 0.3 is 0 Å². The number of aryl methyl sites for hydroxylation is 1. The largest absolute Gasteiger partial charge is 0.358 e. The summed E-state index contributed by atoms with van der Waals surface area (Å²) in [6.07, 6.45) is 3.24. The van der Waals surface area contributed by atoms with Crippen molar-refractivity contribution in [1.29, 1.82) is 0 Å². The fraction of sp³-hybridized carbons (Fsp3) is 0.286.